The van der Waals surface area contributed by atoms with Gasteiger partial charge in [0.1, 0.15) is 10.6 Å². The van der Waals surface area contributed by atoms with Crippen molar-refractivity contribution in [1.29, 1.82) is 0 Å². The molecule has 2 amide bonds. The second-order valence-electron chi connectivity index (χ2n) is 5.14. The summed E-state index contributed by atoms with van der Waals surface area (Å²) in [7, 11) is -0.262. The summed E-state index contributed by atoms with van der Waals surface area (Å²) in [6.45, 7) is 1.99. The van der Waals surface area contributed by atoms with Gasteiger partial charge in [0, 0.05) is 49.8 Å². The van der Waals surface area contributed by atoms with Crippen LogP contribution in [0.4, 0.5) is 16.7 Å². The minimum absolute atomic E-state index is 0. The number of nitrogens with zero attached hydrogens (tertiary/aromatic N) is 4. The van der Waals surface area contributed by atoms with Gasteiger partial charge in [-0.05, 0) is 13.0 Å². The van der Waals surface area contributed by atoms with Crippen LogP contribution in [0.3, 0.4) is 0 Å². The van der Waals surface area contributed by atoms with Gasteiger partial charge in [-0.3, -0.25) is 5.32 Å². The van der Waals surface area contributed by atoms with Gasteiger partial charge in [-0.2, -0.15) is 15.0 Å². The quantitative estimate of drug-likeness (QED) is 0.383. The molecular weight excluding hydrogens is 417 g/mol. The number of urea groups is 1. The molecule has 1 radical (unpaired) electrons. The molecular formula is C14H19N7NaO6S. The molecule has 2 aromatic rings. The number of amides is 2. The van der Waals surface area contributed by atoms with E-state index in [9.17, 15) is 18.0 Å². The summed E-state index contributed by atoms with van der Waals surface area (Å²) in [6.07, 6.45) is 1.35. The largest absolute Gasteiger partial charge is 0.464 e. The minimum Gasteiger partial charge on any atom is -0.464 e. The number of rotatable bonds is 7. The number of hydrogen-bond donors (Lipinski definition) is 3. The van der Waals surface area contributed by atoms with Crippen LogP contribution in [0.15, 0.2) is 17.2 Å². The Balaban J connectivity index is 0.00000420. The van der Waals surface area contributed by atoms with E-state index >= 15 is 0 Å². The molecule has 0 atom stereocenters. The van der Waals surface area contributed by atoms with Gasteiger partial charge >= 0.3 is 18.0 Å². The van der Waals surface area contributed by atoms with Crippen molar-refractivity contribution in [2.75, 3.05) is 31.4 Å². The third-order valence-corrected chi connectivity index (χ3v) is 4.63. The Labute approximate surface area is 188 Å². The normalized spacial score (nSPS) is 10.5. The molecule has 0 fully saturated rings. The molecule has 15 heteroatoms. The third kappa shape index (κ3) is 6.03. The van der Waals surface area contributed by atoms with Crippen LogP contribution in [0.5, 0.6) is 6.01 Å². The van der Waals surface area contributed by atoms with Crippen LogP contribution in [0.25, 0.3) is 0 Å². The number of carbonyl (C=O) groups is 2. The van der Waals surface area contributed by atoms with E-state index < -0.39 is 26.9 Å². The molecule has 2 rings (SSSR count). The first-order valence-corrected chi connectivity index (χ1v) is 9.34. The second-order valence-corrected chi connectivity index (χ2v) is 6.79. The van der Waals surface area contributed by atoms with Crippen molar-refractivity contribution in [2.45, 2.75) is 11.8 Å². The van der Waals surface area contributed by atoms with Gasteiger partial charge in [-0.15, -0.1) is 0 Å². The SMILES string of the molecule is CCOc1nc(NC)nc(NC(=O)NS(=O)(=O)c2ccn(C)c2C(=O)OC)n1.[Na]. The van der Waals surface area contributed by atoms with E-state index in [2.05, 4.69) is 30.3 Å². The number of ether oxygens (including phenoxy) is 2. The molecule has 0 aliphatic rings. The average molecular weight is 436 g/mol. The maximum absolute atomic E-state index is 12.5. The summed E-state index contributed by atoms with van der Waals surface area (Å²) in [5.41, 5.74) is -0.237. The number of carbonyl (C=O) groups excluding carboxylic acids is 2. The fraction of sp³-hybridized carbons (Fsp3) is 0.357. The van der Waals surface area contributed by atoms with Crippen LogP contribution in [-0.2, 0) is 21.8 Å². The number of aromatic nitrogens is 4. The first kappa shape index (κ1) is 24.6. The first-order valence-electron chi connectivity index (χ1n) is 7.85. The summed E-state index contributed by atoms with van der Waals surface area (Å²) in [5, 5.41) is 4.83. The third-order valence-electron chi connectivity index (χ3n) is 3.27. The first-order chi connectivity index (χ1) is 13.2. The van der Waals surface area contributed by atoms with Crippen LogP contribution < -0.4 is 20.1 Å². The van der Waals surface area contributed by atoms with Gasteiger partial charge in [0.2, 0.25) is 11.9 Å². The van der Waals surface area contributed by atoms with Crippen molar-refractivity contribution in [3.8, 4) is 6.01 Å². The van der Waals surface area contributed by atoms with Crippen molar-refractivity contribution < 1.29 is 27.5 Å². The molecule has 0 bridgehead atoms. The molecule has 29 heavy (non-hydrogen) atoms. The number of aryl methyl sites for hydroxylation is 1. The minimum atomic E-state index is -4.38. The molecule has 2 aromatic heterocycles. The molecule has 153 valence electrons. The van der Waals surface area contributed by atoms with Gasteiger partial charge < -0.3 is 19.4 Å². The van der Waals surface area contributed by atoms with E-state index in [1.54, 1.807) is 18.7 Å². The van der Waals surface area contributed by atoms with Crippen molar-refractivity contribution in [3.05, 3.63) is 18.0 Å². The monoisotopic (exact) mass is 436 g/mol. The molecule has 0 aromatic carbocycles. The van der Waals surface area contributed by atoms with Crippen molar-refractivity contribution >= 4 is 63.5 Å². The molecule has 0 saturated heterocycles. The zero-order valence-corrected chi connectivity index (χ0v) is 19.3. The van der Waals surface area contributed by atoms with E-state index in [-0.39, 0.29) is 59.8 Å². The summed E-state index contributed by atoms with van der Waals surface area (Å²) in [5.74, 6) is -1.00. The summed E-state index contributed by atoms with van der Waals surface area (Å²) >= 11 is 0. The van der Waals surface area contributed by atoms with E-state index in [4.69, 9.17) is 4.74 Å². The van der Waals surface area contributed by atoms with Gasteiger partial charge in [0.05, 0.1) is 13.7 Å². The smallest absolute Gasteiger partial charge is 0.356 e. The van der Waals surface area contributed by atoms with E-state index in [1.165, 1.54) is 17.8 Å². The molecule has 2 heterocycles. The summed E-state index contributed by atoms with van der Waals surface area (Å²) < 4.78 is 37.8. The van der Waals surface area contributed by atoms with Gasteiger partial charge in [-0.1, -0.05) is 0 Å². The van der Waals surface area contributed by atoms with Gasteiger partial charge in [-0.25, -0.2) is 22.7 Å². The van der Waals surface area contributed by atoms with Crippen molar-refractivity contribution in [2.24, 2.45) is 7.05 Å². The predicted octanol–water partition coefficient (Wildman–Crippen LogP) is -0.433. The zero-order valence-electron chi connectivity index (χ0n) is 16.5. The van der Waals surface area contributed by atoms with Crippen LogP contribution in [-0.4, -0.2) is 90.3 Å². The summed E-state index contributed by atoms with van der Waals surface area (Å²) in [4.78, 5) is 35.2. The van der Waals surface area contributed by atoms with Crippen LogP contribution >= 0.6 is 0 Å². The zero-order chi connectivity index (χ0) is 20.9. The topological polar surface area (TPSA) is 166 Å². The van der Waals surface area contributed by atoms with E-state index in [0.717, 1.165) is 13.2 Å². The fourth-order valence-electron chi connectivity index (χ4n) is 2.09. The van der Waals surface area contributed by atoms with Crippen LogP contribution in [0, 0.1) is 0 Å². The van der Waals surface area contributed by atoms with Crippen LogP contribution in [0.1, 0.15) is 17.4 Å². The average Bonchev–Trinajstić information content (AvgIpc) is 3.03. The Hall–Kier alpha value is -2.42. The standard InChI is InChI=1S/C14H19N7O6S.Na/c1-5-27-14-18-11(15-2)16-12(19-14)17-13(23)20-28(24,25)8-6-7-21(3)9(8)10(22)26-4;/h6-7H,5H2,1-4H3,(H3,15,16,17,18,19,20,23);. The van der Waals surface area contributed by atoms with Gasteiger partial charge in [0.15, 0.2) is 0 Å². The second kappa shape index (κ2) is 10.4. The fourth-order valence-corrected chi connectivity index (χ4v) is 3.21. The molecule has 0 aliphatic heterocycles. The number of hydrogen-bond acceptors (Lipinski definition) is 10. The molecule has 0 aliphatic carbocycles. The summed E-state index contributed by atoms with van der Waals surface area (Å²) in [6, 6.07) is -0.0386. The number of methoxy groups -OCH3 is 1. The van der Waals surface area contributed by atoms with E-state index in [1.807, 2.05) is 0 Å². The molecule has 0 spiro atoms. The Morgan fingerprint density at radius 3 is 2.45 bits per heavy atom. The maximum Gasteiger partial charge on any atom is 0.356 e. The Bertz CT molecular complexity index is 994. The predicted molar refractivity (Wildman–Crippen MR) is 102 cm³/mol. The van der Waals surface area contributed by atoms with Gasteiger partial charge in [0.25, 0.3) is 10.0 Å². The Morgan fingerprint density at radius 2 is 1.86 bits per heavy atom. The Kier molecular flexibility index (Phi) is 8.81. The molecule has 13 nitrogen and oxygen atoms in total. The van der Waals surface area contributed by atoms with Crippen molar-refractivity contribution in [1.82, 2.24) is 24.2 Å². The van der Waals surface area contributed by atoms with Crippen molar-refractivity contribution in [3.63, 3.8) is 0 Å². The Morgan fingerprint density at radius 1 is 1.21 bits per heavy atom. The molecule has 3 N–H and O–H groups in total. The number of esters is 1. The van der Waals surface area contributed by atoms with Crippen LogP contribution in [0.2, 0.25) is 0 Å². The van der Waals surface area contributed by atoms with E-state index in [0.29, 0.717) is 0 Å². The number of sulfonamides is 1. The molecule has 0 unspecified atom stereocenters. The molecule has 0 saturated carbocycles. The number of anilines is 2. The maximum atomic E-state index is 12.5. The number of nitrogens with one attached hydrogen (secondary N) is 3.